The number of aryl methyl sites for hydroxylation is 1. The van der Waals surface area contributed by atoms with Crippen molar-refractivity contribution < 1.29 is 4.79 Å². The third-order valence-corrected chi connectivity index (χ3v) is 4.97. The van der Waals surface area contributed by atoms with Gasteiger partial charge in [-0.15, -0.1) is 11.3 Å². The standard InChI is InChI=1S/C19H20N2O2S/c1-3-17(22)21(12-16-8-5-9-24-16)11-15-10-14-7-4-6-13(2)18(14)20-19(15)23/h4-10H,3,11-12H2,1-2H3,(H,20,23). The minimum absolute atomic E-state index is 0.0483. The third kappa shape index (κ3) is 3.41. The van der Waals surface area contributed by atoms with Crippen LogP contribution in [0.25, 0.3) is 10.9 Å². The van der Waals surface area contributed by atoms with Crippen LogP contribution in [0.1, 0.15) is 29.3 Å². The topological polar surface area (TPSA) is 53.2 Å². The number of para-hydroxylation sites is 1. The summed E-state index contributed by atoms with van der Waals surface area (Å²) in [5.74, 6) is 0.0483. The highest BCUT2D eigenvalue weighted by molar-refractivity contribution is 7.09. The van der Waals surface area contributed by atoms with Gasteiger partial charge in [0.15, 0.2) is 0 Å². The zero-order valence-electron chi connectivity index (χ0n) is 13.8. The second-order valence-corrected chi connectivity index (χ2v) is 6.88. The number of H-pyrrole nitrogens is 1. The maximum absolute atomic E-state index is 12.4. The number of thiophene rings is 1. The van der Waals surface area contributed by atoms with E-state index in [0.29, 0.717) is 25.1 Å². The lowest BCUT2D eigenvalue weighted by atomic mass is 10.1. The summed E-state index contributed by atoms with van der Waals surface area (Å²) >= 11 is 1.62. The molecule has 3 rings (SSSR count). The van der Waals surface area contributed by atoms with Gasteiger partial charge in [-0.1, -0.05) is 31.2 Å². The minimum Gasteiger partial charge on any atom is -0.333 e. The van der Waals surface area contributed by atoms with Gasteiger partial charge in [0, 0.05) is 16.9 Å². The van der Waals surface area contributed by atoms with E-state index < -0.39 is 0 Å². The second-order valence-electron chi connectivity index (χ2n) is 5.85. The molecule has 0 fully saturated rings. The molecule has 0 saturated heterocycles. The molecule has 1 aromatic carbocycles. The molecule has 124 valence electrons. The number of aromatic nitrogens is 1. The maximum atomic E-state index is 12.4. The summed E-state index contributed by atoms with van der Waals surface area (Å²) in [7, 11) is 0. The number of rotatable bonds is 5. The molecule has 0 aliphatic heterocycles. The number of hydrogen-bond donors (Lipinski definition) is 1. The van der Waals surface area contributed by atoms with Crippen molar-refractivity contribution in [2.24, 2.45) is 0 Å². The smallest absolute Gasteiger partial charge is 0.253 e. The van der Waals surface area contributed by atoms with E-state index in [-0.39, 0.29) is 11.5 Å². The number of aromatic amines is 1. The number of amides is 1. The van der Waals surface area contributed by atoms with Crippen LogP contribution < -0.4 is 5.56 Å². The van der Waals surface area contributed by atoms with Crippen molar-refractivity contribution in [2.45, 2.75) is 33.4 Å². The van der Waals surface area contributed by atoms with E-state index in [9.17, 15) is 9.59 Å². The number of fused-ring (bicyclic) bond motifs is 1. The summed E-state index contributed by atoms with van der Waals surface area (Å²) in [6.07, 6.45) is 0.427. The van der Waals surface area contributed by atoms with Crippen molar-refractivity contribution in [1.29, 1.82) is 0 Å². The Morgan fingerprint density at radius 1 is 1.21 bits per heavy atom. The molecule has 1 N–H and O–H groups in total. The summed E-state index contributed by atoms with van der Waals surface area (Å²) in [5, 5.41) is 2.99. The normalized spacial score (nSPS) is 10.9. The lowest BCUT2D eigenvalue weighted by Crippen LogP contribution is -2.31. The molecule has 2 aromatic heterocycles. The van der Waals surface area contributed by atoms with Crippen LogP contribution in [0.15, 0.2) is 46.6 Å². The summed E-state index contributed by atoms with van der Waals surface area (Å²) in [4.78, 5) is 30.6. The van der Waals surface area contributed by atoms with Gasteiger partial charge in [0.1, 0.15) is 0 Å². The quantitative estimate of drug-likeness (QED) is 0.767. The first-order valence-electron chi connectivity index (χ1n) is 8.00. The van der Waals surface area contributed by atoms with Crippen molar-refractivity contribution in [3.8, 4) is 0 Å². The Balaban J connectivity index is 1.94. The van der Waals surface area contributed by atoms with Crippen LogP contribution in [-0.2, 0) is 17.9 Å². The Morgan fingerprint density at radius 2 is 2.04 bits per heavy atom. The fourth-order valence-electron chi connectivity index (χ4n) is 2.80. The first-order valence-corrected chi connectivity index (χ1v) is 8.88. The van der Waals surface area contributed by atoms with Gasteiger partial charge in [0.2, 0.25) is 5.91 Å². The van der Waals surface area contributed by atoms with E-state index in [1.54, 1.807) is 16.2 Å². The summed E-state index contributed by atoms with van der Waals surface area (Å²) in [6.45, 7) is 4.68. The van der Waals surface area contributed by atoms with Crippen molar-refractivity contribution >= 4 is 28.1 Å². The van der Waals surface area contributed by atoms with E-state index in [1.807, 2.05) is 55.6 Å². The molecule has 3 aromatic rings. The van der Waals surface area contributed by atoms with Crippen molar-refractivity contribution in [3.05, 3.63) is 68.1 Å². The molecule has 0 radical (unpaired) electrons. The number of nitrogens with zero attached hydrogens (tertiary/aromatic N) is 1. The molecule has 0 bridgehead atoms. The van der Waals surface area contributed by atoms with Gasteiger partial charge in [-0.2, -0.15) is 0 Å². The fourth-order valence-corrected chi connectivity index (χ4v) is 3.52. The molecule has 5 heteroatoms. The van der Waals surface area contributed by atoms with E-state index in [1.165, 1.54) is 0 Å². The first kappa shape index (κ1) is 16.5. The maximum Gasteiger partial charge on any atom is 0.253 e. The molecule has 24 heavy (non-hydrogen) atoms. The Hall–Kier alpha value is -2.40. The number of hydrogen-bond acceptors (Lipinski definition) is 3. The predicted molar refractivity (Wildman–Crippen MR) is 98.2 cm³/mol. The zero-order chi connectivity index (χ0) is 17.1. The second kappa shape index (κ2) is 7.01. The Kier molecular flexibility index (Phi) is 4.81. The van der Waals surface area contributed by atoms with Gasteiger partial charge in [-0.05, 0) is 35.4 Å². The van der Waals surface area contributed by atoms with Crippen LogP contribution in [0.4, 0.5) is 0 Å². The monoisotopic (exact) mass is 340 g/mol. The molecule has 0 saturated carbocycles. The van der Waals surface area contributed by atoms with Crippen LogP contribution in [0.5, 0.6) is 0 Å². The lowest BCUT2D eigenvalue weighted by molar-refractivity contribution is -0.132. The Labute approximate surface area is 144 Å². The van der Waals surface area contributed by atoms with E-state index in [0.717, 1.165) is 21.3 Å². The number of carbonyl (C=O) groups is 1. The van der Waals surface area contributed by atoms with Gasteiger partial charge in [0.05, 0.1) is 18.6 Å². The van der Waals surface area contributed by atoms with Crippen molar-refractivity contribution in [3.63, 3.8) is 0 Å². The number of carbonyl (C=O) groups excluding carboxylic acids is 1. The summed E-state index contributed by atoms with van der Waals surface area (Å²) in [5.41, 5.74) is 2.39. The van der Waals surface area contributed by atoms with Crippen molar-refractivity contribution in [2.75, 3.05) is 0 Å². The van der Waals surface area contributed by atoms with Gasteiger partial charge < -0.3 is 9.88 Å². The Bertz CT molecular complexity index is 913. The van der Waals surface area contributed by atoms with Crippen LogP contribution in [0.2, 0.25) is 0 Å². The molecule has 0 atom stereocenters. The molecule has 0 aliphatic carbocycles. The molecule has 1 amide bonds. The highest BCUT2D eigenvalue weighted by Crippen LogP contribution is 2.18. The van der Waals surface area contributed by atoms with Crippen LogP contribution >= 0.6 is 11.3 Å². The SMILES string of the molecule is CCC(=O)N(Cc1cccs1)Cc1cc2cccc(C)c2[nH]c1=O. The molecular formula is C19H20N2O2S. The van der Waals surface area contributed by atoms with E-state index >= 15 is 0 Å². The minimum atomic E-state index is -0.128. The van der Waals surface area contributed by atoms with Gasteiger partial charge >= 0.3 is 0 Å². The average molecular weight is 340 g/mol. The van der Waals surface area contributed by atoms with E-state index in [4.69, 9.17) is 0 Å². The molecule has 2 heterocycles. The average Bonchev–Trinajstić information content (AvgIpc) is 3.08. The number of nitrogens with one attached hydrogen (secondary N) is 1. The Morgan fingerprint density at radius 3 is 2.75 bits per heavy atom. The molecule has 0 spiro atoms. The van der Waals surface area contributed by atoms with Crippen LogP contribution in [0.3, 0.4) is 0 Å². The van der Waals surface area contributed by atoms with E-state index in [2.05, 4.69) is 4.98 Å². The molecule has 4 nitrogen and oxygen atoms in total. The predicted octanol–water partition coefficient (Wildman–Crippen LogP) is 3.84. The lowest BCUT2D eigenvalue weighted by Gasteiger charge is -2.21. The molecule has 0 aliphatic rings. The molecule has 0 unspecified atom stereocenters. The van der Waals surface area contributed by atoms with Gasteiger partial charge in [-0.25, -0.2) is 0 Å². The fraction of sp³-hybridized carbons (Fsp3) is 0.263. The van der Waals surface area contributed by atoms with Crippen LogP contribution in [-0.4, -0.2) is 15.8 Å². The van der Waals surface area contributed by atoms with Crippen molar-refractivity contribution in [1.82, 2.24) is 9.88 Å². The van der Waals surface area contributed by atoms with Gasteiger partial charge in [0.25, 0.3) is 5.56 Å². The first-order chi connectivity index (χ1) is 11.6. The van der Waals surface area contributed by atoms with Crippen LogP contribution in [0, 0.1) is 6.92 Å². The summed E-state index contributed by atoms with van der Waals surface area (Å²) in [6, 6.07) is 11.8. The zero-order valence-corrected chi connectivity index (χ0v) is 14.7. The summed E-state index contributed by atoms with van der Waals surface area (Å²) < 4.78 is 0. The largest absolute Gasteiger partial charge is 0.333 e. The highest BCUT2D eigenvalue weighted by Gasteiger charge is 2.16. The number of pyridine rings is 1. The number of benzene rings is 1. The molecular weight excluding hydrogens is 320 g/mol. The highest BCUT2D eigenvalue weighted by atomic mass is 32.1. The third-order valence-electron chi connectivity index (χ3n) is 4.11. The van der Waals surface area contributed by atoms with Gasteiger partial charge in [-0.3, -0.25) is 9.59 Å².